The van der Waals surface area contributed by atoms with E-state index < -0.39 is 5.97 Å². The van der Waals surface area contributed by atoms with Crippen LogP contribution in [0.5, 0.6) is 23.0 Å². The van der Waals surface area contributed by atoms with Gasteiger partial charge in [-0.1, -0.05) is 265 Å². The van der Waals surface area contributed by atoms with Gasteiger partial charge < -0.3 is 29.0 Å². The Morgan fingerprint density at radius 3 is 1.08 bits per heavy atom. The second-order valence-corrected chi connectivity index (χ2v) is 35.3. The van der Waals surface area contributed by atoms with Gasteiger partial charge in [0.15, 0.2) is 23.0 Å². The number of carboxylic acids is 1. The number of nitrogens with zero attached hydrogens (tertiary/aromatic N) is 2. The van der Waals surface area contributed by atoms with Crippen molar-refractivity contribution in [3.63, 3.8) is 0 Å². The summed E-state index contributed by atoms with van der Waals surface area (Å²) >= 11 is 7.20. The van der Waals surface area contributed by atoms with Crippen LogP contribution in [-0.4, -0.2) is 51.6 Å². The number of hydrogen-bond donors (Lipinski definition) is 1. The van der Waals surface area contributed by atoms with Gasteiger partial charge in [-0.25, -0.2) is 4.79 Å². The van der Waals surface area contributed by atoms with Crippen molar-refractivity contribution in [1.29, 1.82) is 5.26 Å². The van der Waals surface area contributed by atoms with Crippen molar-refractivity contribution in [3.05, 3.63) is 107 Å². The average molecular weight is 1520 g/mol. The largest absolute Gasteiger partial charge is 0.490 e. The summed E-state index contributed by atoms with van der Waals surface area (Å²) in [5, 5.41) is 29.4. The van der Waals surface area contributed by atoms with Crippen molar-refractivity contribution in [2.24, 2.45) is 0 Å². The highest BCUT2D eigenvalue weighted by molar-refractivity contribution is 7.34. The predicted molar refractivity (Wildman–Crippen MR) is 467 cm³/mol. The van der Waals surface area contributed by atoms with Crippen molar-refractivity contribution in [3.8, 4) is 60.4 Å². The normalized spacial score (nSPS) is 12.8. The minimum atomic E-state index is -1.23. The first-order valence-electron chi connectivity index (χ1n) is 42.2. The average Bonchev–Trinajstić information content (AvgIpc) is 1.57. The fourth-order valence-electron chi connectivity index (χ4n) is 16.5. The lowest BCUT2D eigenvalue weighted by Gasteiger charge is -2.33. The maximum absolute atomic E-state index is 12.5. The smallest absolute Gasteiger partial charge is 0.346 e. The Kier molecular flexibility index (Phi) is 31.5. The van der Waals surface area contributed by atoms with Crippen molar-refractivity contribution in [2.45, 2.75) is 291 Å². The minimum absolute atomic E-state index is 0.0742. The summed E-state index contributed by atoms with van der Waals surface area (Å²) in [7, 11) is 4.35. The number of aliphatic carboxylic acids is 1. The summed E-state index contributed by atoms with van der Waals surface area (Å²) in [6, 6.07) is 35.2. The summed E-state index contributed by atoms with van der Waals surface area (Å²) < 4.78 is 32.5. The lowest BCUT2D eigenvalue weighted by molar-refractivity contribution is -0.132. The third-order valence-electron chi connectivity index (χ3n) is 22.6. The minimum Gasteiger partial charge on any atom is -0.490 e. The number of benzene rings is 6. The van der Waals surface area contributed by atoms with Crippen LogP contribution >= 0.6 is 45.3 Å². The van der Waals surface area contributed by atoms with Gasteiger partial charge in [0.05, 0.1) is 45.2 Å². The van der Waals surface area contributed by atoms with Crippen LogP contribution in [0.1, 0.15) is 302 Å². The maximum Gasteiger partial charge on any atom is 0.346 e. The lowest BCUT2D eigenvalue weighted by atomic mass is 9.70. The molecule has 1 aliphatic rings. The molecule has 1 aliphatic carbocycles. The van der Waals surface area contributed by atoms with Crippen molar-refractivity contribution >= 4 is 125 Å². The van der Waals surface area contributed by atoms with Crippen LogP contribution in [0, 0.1) is 11.3 Å². The number of rotatable bonds is 51. The molecule has 12 heteroatoms. The number of carboxylic acid groups (broad SMARTS) is 1. The Hall–Kier alpha value is -6.62. The second kappa shape index (κ2) is 41.4. The Labute approximate surface area is 657 Å². The molecule has 574 valence electrons. The Morgan fingerprint density at radius 2 is 0.720 bits per heavy atom. The molecule has 107 heavy (non-hydrogen) atoms. The topological polar surface area (TPSA) is 101 Å². The SMILES string of the molecule is CCCCCCCCCCOc1cc2c(cc1OCCCCCCCCCC)c1cc(-c3cc4c5cc(OCCCCCCCCCC)c(OCCCCCCCCCC)cc5c5cc(-c6ccc7c(c6)C(CCCC)(CCCC)c6cc(N(C)C)ccc6-7)sc5c4s3)sc1c1sc(/C=C(/C#N)C(=O)O)cc21. The van der Waals surface area contributed by atoms with Gasteiger partial charge in [-0.05, 0) is 161 Å². The fourth-order valence-corrected chi connectivity index (χ4v) is 21.5. The van der Waals surface area contributed by atoms with Crippen LogP contribution < -0.4 is 23.8 Å². The molecule has 6 aromatic carbocycles. The van der Waals surface area contributed by atoms with E-state index in [1.807, 2.05) is 40.1 Å². The number of carbonyl (C=O) groups is 1. The van der Waals surface area contributed by atoms with Gasteiger partial charge in [-0.15, -0.1) is 45.3 Å². The summed E-state index contributed by atoms with van der Waals surface area (Å²) in [5.41, 5.74) is 7.94. The predicted octanol–water partition coefficient (Wildman–Crippen LogP) is 31.0. The number of anilines is 1. The molecule has 0 aliphatic heterocycles. The van der Waals surface area contributed by atoms with E-state index in [-0.39, 0.29) is 11.0 Å². The van der Waals surface area contributed by atoms with E-state index in [4.69, 9.17) is 18.9 Å². The van der Waals surface area contributed by atoms with E-state index in [2.05, 4.69) is 145 Å². The molecule has 0 saturated heterocycles. The monoisotopic (exact) mass is 1520 g/mol. The Bertz CT molecular complexity index is 4580. The molecule has 0 unspecified atom stereocenters. The zero-order valence-corrected chi connectivity index (χ0v) is 69.6. The van der Waals surface area contributed by atoms with Gasteiger partial charge in [-0.3, -0.25) is 0 Å². The fraction of sp³-hybridized carbons (Fsp3) is 0.537. The highest BCUT2D eigenvalue weighted by atomic mass is 32.1. The van der Waals surface area contributed by atoms with Crippen LogP contribution in [0.3, 0.4) is 0 Å². The molecule has 11 rings (SSSR count). The summed E-state index contributed by atoms with van der Waals surface area (Å²) in [6.07, 6.45) is 47.7. The molecule has 0 radical (unpaired) electrons. The molecule has 0 bridgehead atoms. The van der Waals surface area contributed by atoms with Crippen LogP contribution in [0.15, 0.2) is 90.5 Å². The van der Waals surface area contributed by atoms with Crippen LogP contribution in [0.25, 0.3) is 99.3 Å². The van der Waals surface area contributed by atoms with Crippen LogP contribution in [0.4, 0.5) is 5.69 Å². The van der Waals surface area contributed by atoms with Gasteiger partial charge in [0.1, 0.15) is 11.6 Å². The number of nitriles is 1. The van der Waals surface area contributed by atoms with Crippen LogP contribution in [-0.2, 0) is 10.2 Å². The van der Waals surface area contributed by atoms with E-state index in [1.54, 1.807) is 11.3 Å². The third-order valence-corrected chi connectivity index (χ3v) is 27.7. The molecule has 0 atom stereocenters. The maximum atomic E-state index is 12.5. The third kappa shape index (κ3) is 20.3. The van der Waals surface area contributed by atoms with E-state index in [9.17, 15) is 15.2 Å². The van der Waals surface area contributed by atoms with Gasteiger partial charge in [0, 0.05) is 66.3 Å². The van der Waals surface area contributed by atoms with Gasteiger partial charge >= 0.3 is 5.97 Å². The summed E-state index contributed by atoms with van der Waals surface area (Å²) in [6.45, 7) is 16.3. The Balaban J connectivity index is 1.06. The number of hydrogen-bond acceptors (Lipinski definition) is 11. The van der Waals surface area contributed by atoms with Gasteiger partial charge in [0.25, 0.3) is 0 Å². The van der Waals surface area contributed by atoms with Crippen molar-refractivity contribution in [1.82, 2.24) is 0 Å². The zero-order chi connectivity index (χ0) is 74.9. The van der Waals surface area contributed by atoms with Crippen molar-refractivity contribution in [2.75, 3.05) is 45.4 Å². The first kappa shape index (κ1) is 81.4. The molecule has 0 saturated carbocycles. The molecule has 1 N–H and O–H groups in total. The molecule has 4 aromatic heterocycles. The quantitative estimate of drug-likeness (QED) is 0.0229. The van der Waals surface area contributed by atoms with E-state index in [0.717, 1.165) is 136 Å². The van der Waals surface area contributed by atoms with E-state index in [0.29, 0.717) is 26.4 Å². The molecule has 0 spiro atoms. The first-order valence-corrected chi connectivity index (χ1v) is 45.5. The summed E-state index contributed by atoms with van der Waals surface area (Å²) in [4.78, 5) is 19.1. The molecule has 10 aromatic rings. The number of ether oxygens (including phenoxy) is 4. The first-order chi connectivity index (χ1) is 52.5. The molecular formula is C95H124N2O6S4. The molecule has 4 heterocycles. The van der Waals surface area contributed by atoms with E-state index >= 15 is 0 Å². The highest BCUT2D eigenvalue weighted by Gasteiger charge is 2.43. The van der Waals surface area contributed by atoms with Gasteiger partial charge in [0.2, 0.25) is 0 Å². The Morgan fingerprint density at radius 1 is 0.393 bits per heavy atom. The number of fused-ring (bicyclic) bond motifs is 15. The standard InChI is InChI=1S/C95H124N2O6S4/c1-9-15-21-25-29-33-37-41-51-100-83-59-73-74(60-84(83)101-52-42-38-34-30-26-22-16-10-2)79-64-88(106-91(79)90-77(73)58-70(104-90)55-68(66-96)94(98)99)89-65-80-76-62-86(103-54-44-40-36-32-28-24-18-12-4)85(102-53-43-39-35-31-27-23-17-11-3)61-75(76)78-63-87(105-92(78)93(80)107-89)67-45-47-71-72-48-46-69(97(7)8)57-82(72)95(49-19-13-5,50-20-14-6)81(71)56-67/h45-48,55-65H,9-44,49-54H2,1-8H3,(H,98,99)/b68-55-. The number of thiophene rings is 4. The lowest BCUT2D eigenvalue weighted by Crippen LogP contribution is -2.26. The second-order valence-electron chi connectivity index (χ2n) is 31.1. The molecule has 8 nitrogen and oxygen atoms in total. The van der Waals surface area contributed by atoms with Crippen molar-refractivity contribution < 1.29 is 28.8 Å². The van der Waals surface area contributed by atoms with Gasteiger partial charge in [-0.2, -0.15) is 5.26 Å². The van der Waals surface area contributed by atoms with Crippen LogP contribution in [0.2, 0.25) is 0 Å². The van der Waals surface area contributed by atoms with E-state index in [1.165, 1.54) is 252 Å². The number of unbranched alkanes of at least 4 members (excludes halogenated alkanes) is 30. The molecular weight excluding hydrogens is 1390 g/mol. The molecule has 0 fully saturated rings. The molecule has 0 amide bonds. The highest BCUT2D eigenvalue weighted by Crippen LogP contribution is 2.58. The zero-order valence-electron chi connectivity index (χ0n) is 66.4. The summed E-state index contributed by atoms with van der Waals surface area (Å²) in [5.74, 6) is 1.96.